The molecule has 4 N–H and O–H groups in total. The molecule has 0 bridgehead atoms. The van der Waals surface area contributed by atoms with Crippen LogP contribution in [0.5, 0.6) is 0 Å². The maximum atomic E-state index is 10.6. The lowest BCUT2D eigenvalue weighted by Crippen LogP contribution is -2.56. The molecule has 9 nitrogen and oxygen atoms in total. The smallest absolute Gasteiger partial charge is 0.164 e. The largest absolute Gasteiger partial charge is 0.394 e. The summed E-state index contributed by atoms with van der Waals surface area (Å²) in [4.78, 5) is 0. The number of hydrogen-bond acceptors (Lipinski definition) is 9. The molecule has 1 saturated heterocycles. The van der Waals surface area contributed by atoms with Gasteiger partial charge < -0.3 is 29.7 Å². The Morgan fingerprint density at radius 3 is 2.29 bits per heavy atom. The molecule has 3 rings (SSSR count). The SMILES string of the molecule is Cc1ccc(N=Nc2c(C)c(C#N)c(=S)n(C3OC(CO)C(O)C(O)C3O)c2C)cc1. The van der Waals surface area contributed by atoms with Gasteiger partial charge in [0.15, 0.2) is 6.23 Å². The number of aliphatic hydroxyl groups is 4. The first kappa shape index (κ1) is 23.1. The van der Waals surface area contributed by atoms with Gasteiger partial charge in [0.2, 0.25) is 0 Å². The second-order valence-electron chi connectivity index (χ2n) is 7.48. The van der Waals surface area contributed by atoms with Gasteiger partial charge in [0.05, 0.1) is 17.9 Å². The summed E-state index contributed by atoms with van der Waals surface area (Å²) in [5, 5.41) is 58.6. The first-order chi connectivity index (χ1) is 14.7. The van der Waals surface area contributed by atoms with Crippen molar-refractivity contribution in [1.82, 2.24) is 4.57 Å². The summed E-state index contributed by atoms with van der Waals surface area (Å²) in [6.45, 7) is 4.75. The Hall–Kier alpha value is -2.52. The molecule has 2 heterocycles. The van der Waals surface area contributed by atoms with E-state index in [4.69, 9.17) is 17.0 Å². The highest BCUT2D eigenvalue weighted by Gasteiger charge is 2.45. The first-order valence-corrected chi connectivity index (χ1v) is 10.1. The molecular weight excluding hydrogens is 420 g/mol. The molecule has 10 heteroatoms. The third-order valence-corrected chi connectivity index (χ3v) is 5.80. The van der Waals surface area contributed by atoms with Crippen molar-refractivity contribution in [2.45, 2.75) is 51.4 Å². The van der Waals surface area contributed by atoms with Crippen LogP contribution in [0.15, 0.2) is 34.5 Å². The minimum Gasteiger partial charge on any atom is -0.394 e. The Balaban J connectivity index is 2.15. The highest BCUT2D eigenvalue weighted by Crippen LogP contribution is 2.36. The summed E-state index contributed by atoms with van der Waals surface area (Å²) < 4.78 is 7.10. The molecule has 31 heavy (non-hydrogen) atoms. The lowest BCUT2D eigenvalue weighted by molar-refractivity contribution is -0.252. The fourth-order valence-corrected chi connectivity index (χ4v) is 3.98. The fraction of sp³-hybridized carbons (Fsp3) is 0.429. The normalized spacial score (nSPS) is 26.2. The van der Waals surface area contributed by atoms with Crippen molar-refractivity contribution in [2.24, 2.45) is 10.2 Å². The number of aryl methyl sites for hydroxylation is 1. The monoisotopic (exact) mass is 444 g/mol. The van der Waals surface area contributed by atoms with Gasteiger partial charge in [-0.15, -0.1) is 5.11 Å². The molecule has 1 aromatic carbocycles. The van der Waals surface area contributed by atoms with Gasteiger partial charge in [-0.25, -0.2) is 0 Å². The van der Waals surface area contributed by atoms with E-state index in [1.165, 1.54) is 4.57 Å². The van der Waals surface area contributed by atoms with Crippen LogP contribution in [0.1, 0.15) is 28.6 Å². The number of pyridine rings is 1. The number of aliphatic hydroxyl groups excluding tert-OH is 4. The van der Waals surface area contributed by atoms with Crippen LogP contribution < -0.4 is 0 Å². The average molecular weight is 445 g/mol. The van der Waals surface area contributed by atoms with E-state index in [9.17, 15) is 25.7 Å². The molecule has 1 aliphatic rings. The summed E-state index contributed by atoms with van der Waals surface area (Å²) in [5.41, 5.74) is 3.17. The van der Waals surface area contributed by atoms with E-state index in [1.54, 1.807) is 13.8 Å². The lowest BCUT2D eigenvalue weighted by Gasteiger charge is -2.41. The summed E-state index contributed by atoms with van der Waals surface area (Å²) >= 11 is 5.46. The Labute approximate surface area is 184 Å². The first-order valence-electron chi connectivity index (χ1n) is 9.66. The van der Waals surface area contributed by atoms with Crippen molar-refractivity contribution < 1.29 is 25.2 Å². The molecule has 5 atom stereocenters. The van der Waals surface area contributed by atoms with E-state index >= 15 is 0 Å². The van der Waals surface area contributed by atoms with E-state index in [0.29, 0.717) is 22.6 Å². The maximum Gasteiger partial charge on any atom is 0.164 e. The van der Waals surface area contributed by atoms with Gasteiger partial charge >= 0.3 is 0 Å². The van der Waals surface area contributed by atoms with Crippen LogP contribution in [0.25, 0.3) is 0 Å². The molecule has 164 valence electrons. The van der Waals surface area contributed by atoms with E-state index in [2.05, 4.69) is 16.3 Å². The number of aromatic nitrogens is 1. The minimum absolute atomic E-state index is 0.0797. The number of rotatable bonds is 4. The summed E-state index contributed by atoms with van der Waals surface area (Å²) in [5.74, 6) is 0. The molecule has 0 aliphatic carbocycles. The molecule has 1 aliphatic heterocycles. The van der Waals surface area contributed by atoms with Gasteiger partial charge in [0.1, 0.15) is 40.8 Å². The molecular formula is C21H24N4O5S. The molecule has 1 aromatic heterocycles. The van der Waals surface area contributed by atoms with E-state index in [1.807, 2.05) is 31.2 Å². The summed E-state index contributed by atoms with van der Waals surface area (Å²) in [6.07, 6.45) is -7.01. The number of azo groups is 1. The van der Waals surface area contributed by atoms with Gasteiger partial charge in [0.25, 0.3) is 0 Å². The standard InChI is InChI=1S/C21H24N4O5S/c1-10-4-6-13(7-5-10)23-24-16-11(2)14(8-22)21(31)25(12(16)3)20-19(29)18(28)17(27)15(9-26)30-20/h4-7,15,17-20,26-29H,9H2,1-3H3. The Bertz CT molecular complexity index is 1090. The van der Waals surface area contributed by atoms with Gasteiger partial charge in [-0.3, -0.25) is 0 Å². The van der Waals surface area contributed by atoms with Crippen molar-refractivity contribution in [3.05, 3.63) is 51.3 Å². The van der Waals surface area contributed by atoms with Crippen LogP contribution >= 0.6 is 12.2 Å². The number of benzene rings is 1. The predicted molar refractivity (Wildman–Crippen MR) is 114 cm³/mol. The summed E-state index contributed by atoms with van der Waals surface area (Å²) in [6, 6.07) is 9.46. The fourth-order valence-electron chi connectivity index (χ4n) is 3.54. The highest BCUT2D eigenvalue weighted by molar-refractivity contribution is 7.71. The minimum atomic E-state index is -1.58. The molecule has 0 saturated carbocycles. The van der Waals surface area contributed by atoms with Crippen LogP contribution in [0.3, 0.4) is 0 Å². The maximum absolute atomic E-state index is 10.6. The van der Waals surface area contributed by atoms with Gasteiger partial charge in [0, 0.05) is 5.69 Å². The Kier molecular flexibility index (Phi) is 6.96. The van der Waals surface area contributed by atoms with Crippen molar-refractivity contribution >= 4 is 23.6 Å². The van der Waals surface area contributed by atoms with Crippen LogP contribution in [-0.4, -0.2) is 56.0 Å². The Morgan fingerprint density at radius 1 is 1.06 bits per heavy atom. The number of nitrogens with zero attached hydrogens (tertiary/aromatic N) is 4. The third kappa shape index (κ3) is 4.29. The molecule has 1 fully saturated rings. The molecule has 0 radical (unpaired) electrons. The topological polar surface area (TPSA) is 144 Å². The van der Waals surface area contributed by atoms with Crippen LogP contribution in [0.2, 0.25) is 0 Å². The number of nitriles is 1. The zero-order valence-corrected chi connectivity index (χ0v) is 18.1. The van der Waals surface area contributed by atoms with Crippen LogP contribution in [0, 0.1) is 36.7 Å². The second kappa shape index (κ2) is 9.32. The quantitative estimate of drug-likeness (QED) is 0.419. The highest BCUT2D eigenvalue weighted by atomic mass is 32.1. The molecule has 0 spiro atoms. The van der Waals surface area contributed by atoms with Crippen molar-refractivity contribution in [1.29, 1.82) is 5.26 Å². The summed E-state index contributed by atoms with van der Waals surface area (Å²) in [7, 11) is 0. The van der Waals surface area contributed by atoms with E-state index in [0.717, 1.165) is 5.56 Å². The predicted octanol–water partition coefficient (Wildman–Crippen LogP) is 2.40. The molecule has 5 unspecified atom stereocenters. The van der Waals surface area contributed by atoms with Gasteiger partial charge in [-0.05, 0) is 38.5 Å². The van der Waals surface area contributed by atoms with Crippen molar-refractivity contribution in [3.63, 3.8) is 0 Å². The Morgan fingerprint density at radius 2 is 1.71 bits per heavy atom. The zero-order chi connectivity index (χ0) is 22.9. The molecule has 2 aromatic rings. The molecule has 0 amide bonds. The zero-order valence-electron chi connectivity index (χ0n) is 17.3. The average Bonchev–Trinajstić information content (AvgIpc) is 2.75. The van der Waals surface area contributed by atoms with Crippen LogP contribution in [-0.2, 0) is 4.74 Å². The van der Waals surface area contributed by atoms with E-state index in [-0.39, 0.29) is 10.2 Å². The number of hydrogen-bond donors (Lipinski definition) is 4. The van der Waals surface area contributed by atoms with Crippen molar-refractivity contribution in [3.8, 4) is 6.07 Å². The van der Waals surface area contributed by atoms with E-state index < -0.39 is 37.3 Å². The number of ether oxygens (including phenoxy) is 1. The second-order valence-corrected chi connectivity index (χ2v) is 7.86. The third-order valence-electron chi connectivity index (χ3n) is 5.40. The van der Waals surface area contributed by atoms with Crippen LogP contribution in [0.4, 0.5) is 11.4 Å². The van der Waals surface area contributed by atoms with Crippen molar-refractivity contribution in [2.75, 3.05) is 6.61 Å². The van der Waals surface area contributed by atoms with Gasteiger partial charge in [-0.2, -0.15) is 10.4 Å². The van der Waals surface area contributed by atoms with Gasteiger partial charge in [-0.1, -0.05) is 29.9 Å². The lowest BCUT2D eigenvalue weighted by atomic mass is 9.97.